The number of carbonyl (C=O) groups is 1. The minimum atomic E-state index is -0.929. The van der Waals surface area contributed by atoms with Gasteiger partial charge in [-0.3, -0.25) is 9.69 Å². The van der Waals surface area contributed by atoms with Crippen LogP contribution in [0.4, 0.5) is 4.39 Å². The maximum atomic E-state index is 15.0. The molecule has 6 aliphatic carbocycles. The van der Waals surface area contributed by atoms with Gasteiger partial charge in [0, 0.05) is 51.4 Å². The van der Waals surface area contributed by atoms with Crippen LogP contribution in [-0.2, 0) is 11.2 Å². The molecule has 5 nitrogen and oxygen atoms in total. The van der Waals surface area contributed by atoms with E-state index in [0.717, 1.165) is 57.1 Å². The van der Waals surface area contributed by atoms with Crippen molar-refractivity contribution in [3.05, 3.63) is 58.4 Å². The number of likely N-dealkylation sites (tertiary alicyclic amines) is 1. The monoisotopic (exact) mass is 597 g/mol. The fourth-order valence-corrected chi connectivity index (χ4v) is 11.5. The first-order valence-electron chi connectivity index (χ1n) is 16.1. The second kappa shape index (κ2) is 9.71. The predicted octanol–water partition coefficient (Wildman–Crippen LogP) is 5.64. The summed E-state index contributed by atoms with van der Waals surface area (Å²) in [6, 6.07) is 4.64. The van der Waals surface area contributed by atoms with Crippen LogP contribution in [-0.4, -0.2) is 63.4 Å². The first-order chi connectivity index (χ1) is 19.9. The summed E-state index contributed by atoms with van der Waals surface area (Å²) in [6.07, 6.45) is 13.7. The Bertz CT molecular complexity index is 1340. The minimum Gasteiger partial charge on any atom is -0.395 e. The minimum absolute atomic E-state index is 0.0495. The lowest BCUT2D eigenvalue weighted by molar-refractivity contribution is -0.179. The smallest absolute Gasteiger partial charge is 0.164 e. The third-order valence-corrected chi connectivity index (χ3v) is 13.9. The van der Waals surface area contributed by atoms with E-state index in [0.29, 0.717) is 19.4 Å². The summed E-state index contributed by atoms with van der Waals surface area (Å²) in [4.78, 5) is 16.8. The van der Waals surface area contributed by atoms with Gasteiger partial charge in [-0.2, -0.15) is 0 Å². The number of rotatable bonds is 6. The van der Waals surface area contributed by atoms with Crippen molar-refractivity contribution in [2.24, 2.45) is 33.5 Å². The molecule has 7 aliphatic rings. The van der Waals surface area contributed by atoms with Gasteiger partial charge >= 0.3 is 0 Å². The van der Waals surface area contributed by atoms with E-state index in [1.54, 1.807) is 12.1 Å². The lowest BCUT2D eigenvalue weighted by atomic mass is 9.32. The van der Waals surface area contributed by atoms with Crippen LogP contribution in [0.3, 0.4) is 0 Å². The molecule has 0 amide bonds. The molecule has 1 aliphatic heterocycles. The van der Waals surface area contributed by atoms with Crippen molar-refractivity contribution in [1.82, 2.24) is 4.90 Å². The van der Waals surface area contributed by atoms with Crippen molar-refractivity contribution in [2.45, 2.75) is 95.8 Å². The Morgan fingerprint density at radius 1 is 1.07 bits per heavy atom. The van der Waals surface area contributed by atoms with Gasteiger partial charge in [0.05, 0.1) is 18.3 Å². The van der Waals surface area contributed by atoms with Crippen LogP contribution in [0, 0.1) is 39.3 Å². The highest BCUT2D eigenvalue weighted by atomic mass is 35.5. The molecule has 1 aromatic rings. The number of benzene rings is 1. The van der Waals surface area contributed by atoms with Crippen molar-refractivity contribution in [3.63, 3.8) is 0 Å². The highest BCUT2D eigenvalue weighted by Crippen LogP contribution is 2.78. The number of carbonyl (C=O) groups excluding carboxylic acids is 1. The van der Waals surface area contributed by atoms with Crippen molar-refractivity contribution in [1.29, 1.82) is 0 Å². The third-order valence-electron chi connectivity index (χ3n) is 13.6. The molecule has 4 fully saturated rings. The molecular formula is C35H45ClFNO4. The van der Waals surface area contributed by atoms with Crippen molar-refractivity contribution < 1.29 is 24.5 Å². The van der Waals surface area contributed by atoms with E-state index in [9.17, 15) is 24.5 Å². The second-order valence-corrected chi connectivity index (χ2v) is 15.5. The van der Waals surface area contributed by atoms with Crippen LogP contribution < -0.4 is 0 Å². The molecule has 9 atom stereocenters. The number of nitrogens with zero attached hydrogens (tertiary/aromatic N) is 1. The molecule has 1 heterocycles. The number of ketones is 1. The Balaban J connectivity index is 1.33. The summed E-state index contributed by atoms with van der Waals surface area (Å²) < 4.78 is 15.0. The number of allylic oxidation sites excluding steroid dienone is 4. The summed E-state index contributed by atoms with van der Waals surface area (Å²) in [7, 11) is 0. The number of Topliss-reactive ketones (excluding diaryl/α,β-unsaturated/α-hetero) is 1. The van der Waals surface area contributed by atoms with E-state index in [2.05, 4.69) is 37.0 Å². The topological polar surface area (TPSA) is 81.0 Å². The lowest BCUT2D eigenvalue weighted by Gasteiger charge is -2.71. The van der Waals surface area contributed by atoms with E-state index >= 15 is 0 Å². The number of β-amino-alcohol motifs (C(OH)–C–C–N with tert-alkyl or cyclic N) is 1. The average Bonchev–Trinajstić information content (AvgIpc) is 3.51. The van der Waals surface area contributed by atoms with Crippen molar-refractivity contribution in [3.8, 4) is 0 Å². The van der Waals surface area contributed by atoms with Crippen LogP contribution in [0.25, 0.3) is 0 Å². The summed E-state index contributed by atoms with van der Waals surface area (Å²) in [5.74, 6) is -0.323. The lowest BCUT2D eigenvalue weighted by Crippen LogP contribution is -2.67. The Hall–Kier alpha value is -1.57. The first kappa shape index (κ1) is 29.2. The number of fused-ring (bicyclic) bond motifs is 1. The first-order valence-corrected chi connectivity index (χ1v) is 16.5. The zero-order valence-corrected chi connectivity index (χ0v) is 25.7. The van der Waals surface area contributed by atoms with Gasteiger partial charge in [-0.25, -0.2) is 4.39 Å². The summed E-state index contributed by atoms with van der Waals surface area (Å²) in [5, 5.41) is 33.7. The molecule has 0 radical (unpaired) electrons. The number of hydrogen-bond acceptors (Lipinski definition) is 5. The van der Waals surface area contributed by atoms with Crippen molar-refractivity contribution in [2.75, 3.05) is 19.7 Å². The molecule has 2 spiro atoms. The van der Waals surface area contributed by atoms with Gasteiger partial charge < -0.3 is 15.3 Å². The van der Waals surface area contributed by atoms with Gasteiger partial charge in [0.15, 0.2) is 5.78 Å². The highest BCUT2D eigenvalue weighted by Gasteiger charge is 2.74. The molecule has 228 valence electrons. The largest absolute Gasteiger partial charge is 0.395 e. The molecule has 8 rings (SSSR count). The molecular weight excluding hydrogens is 553 g/mol. The summed E-state index contributed by atoms with van der Waals surface area (Å²) in [5.41, 5.74) is -1.47. The van der Waals surface area contributed by atoms with E-state index in [4.69, 9.17) is 11.6 Å². The molecule has 1 aromatic carbocycles. The van der Waals surface area contributed by atoms with Crippen LogP contribution in [0.1, 0.15) is 77.2 Å². The van der Waals surface area contributed by atoms with Crippen LogP contribution in [0.2, 0.25) is 5.02 Å². The SMILES string of the molecule is CC12CCC(O)CC13C=CC1(C(C(=O)Cc4c(F)cccc4Cl)=C3)C2CCC2(C)C1CCC2(O)CN1CCCC1CO. The Morgan fingerprint density at radius 2 is 1.81 bits per heavy atom. The van der Waals surface area contributed by atoms with E-state index in [-0.39, 0.29) is 52.7 Å². The zero-order valence-electron chi connectivity index (χ0n) is 24.9. The fourth-order valence-electron chi connectivity index (χ4n) is 11.3. The van der Waals surface area contributed by atoms with Crippen molar-refractivity contribution >= 4 is 17.4 Å². The molecule has 42 heavy (non-hydrogen) atoms. The molecule has 7 heteroatoms. The third kappa shape index (κ3) is 3.71. The van der Waals surface area contributed by atoms with E-state index < -0.39 is 33.8 Å². The summed E-state index contributed by atoms with van der Waals surface area (Å²) in [6.45, 7) is 6.15. The quantitative estimate of drug-likeness (QED) is 0.370. The predicted molar refractivity (Wildman–Crippen MR) is 160 cm³/mol. The standard InChI is InChI=1S/C35H45ClFNO4/c1-31-11-8-23(40)18-33(31)14-15-35(25(19-33)28(41)17-24-26(36)6-3-7-27(24)37)29(31)9-12-32(2)30(35)10-13-34(32,42)21-38-16-4-5-22(38)20-39/h3,6-7,14-15,19,22-23,29-30,39-40,42H,4-5,8-13,16-18,20-21H2,1-2H3. The Labute approximate surface area is 253 Å². The maximum absolute atomic E-state index is 15.0. The molecule has 3 saturated carbocycles. The molecule has 9 unspecified atom stereocenters. The summed E-state index contributed by atoms with van der Waals surface area (Å²) >= 11 is 6.42. The molecule has 2 bridgehead atoms. The second-order valence-electron chi connectivity index (χ2n) is 15.1. The van der Waals surface area contributed by atoms with Gasteiger partial charge in [0.2, 0.25) is 0 Å². The number of aliphatic hydroxyl groups excluding tert-OH is 2. The molecule has 3 N–H and O–H groups in total. The van der Waals surface area contributed by atoms with Gasteiger partial charge in [-0.15, -0.1) is 0 Å². The number of hydrogen-bond donors (Lipinski definition) is 3. The van der Waals surface area contributed by atoms with Gasteiger partial charge in [0.25, 0.3) is 0 Å². The molecule has 0 aromatic heterocycles. The number of aliphatic hydroxyl groups is 3. The number of halogens is 2. The van der Waals surface area contributed by atoms with Crippen LogP contribution in [0.15, 0.2) is 42.0 Å². The van der Waals surface area contributed by atoms with Crippen LogP contribution >= 0.6 is 11.6 Å². The normalized spacial score (nSPS) is 45.8. The zero-order chi connectivity index (χ0) is 29.7. The van der Waals surface area contributed by atoms with E-state index in [1.165, 1.54) is 6.07 Å². The van der Waals surface area contributed by atoms with Gasteiger partial charge in [-0.1, -0.05) is 49.7 Å². The average molecular weight is 598 g/mol. The van der Waals surface area contributed by atoms with Gasteiger partial charge in [-0.05, 0) is 93.7 Å². The fraction of sp³-hybridized carbons (Fsp3) is 0.686. The Morgan fingerprint density at radius 3 is 2.57 bits per heavy atom. The Kier molecular flexibility index (Phi) is 6.74. The highest BCUT2D eigenvalue weighted by molar-refractivity contribution is 6.31. The van der Waals surface area contributed by atoms with E-state index in [1.807, 2.05) is 0 Å². The van der Waals surface area contributed by atoms with Gasteiger partial charge in [0.1, 0.15) is 5.82 Å². The van der Waals surface area contributed by atoms with Crippen LogP contribution in [0.5, 0.6) is 0 Å². The molecule has 1 saturated heterocycles. The maximum Gasteiger partial charge on any atom is 0.164 e.